The minimum atomic E-state index is -4.00. The van der Waals surface area contributed by atoms with Gasteiger partial charge in [0.15, 0.2) is 28.8 Å². The van der Waals surface area contributed by atoms with Crippen molar-refractivity contribution in [1.82, 2.24) is 34.5 Å². The highest BCUT2D eigenvalue weighted by atomic mass is 32.2. The van der Waals surface area contributed by atoms with Crippen LogP contribution in [0, 0.1) is 56.1 Å². The summed E-state index contributed by atoms with van der Waals surface area (Å²) in [4.78, 5) is 55.8. The highest BCUT2D eigenvalue weighted by Gasteiger charge is 2.65. The molecule has 3 atom stereocenters. The number of hydrogen-bond acceptors (Lipinski definition) is 27. The normalized spacial score (nSPS) is 16.9. The Morgan fingerprint density at radius 2 is 1.41 bits per heavy atom. The second-order valence-corrected chi connectivity index (χ2v) is 44.0. The van der Waals surface area contributed by atoms with E-state index in [1.54, 1.807) is 107 Å². The predicted molar refractivity (Wildman–Crippen MR) is 515 cm³/mol. The van der Waals surface area contributed by atoms with E-state index in [1.165, 1.54) is 76.4 Å². The second-order valence-electron chi connectivity index (χ2n) is 33.4. The van der Waals surface area contributed by atoms with Gasteiger partial charge in [0.05, 0.1) is 112 Å². The van der Waals surface area contributed by atoms with Gasteiger partial charge < -0.3 is 52.3 Å². The standard InChI is InChI=1S/C22H19N3O4S.C22H30N2O5S.C19H22FNO3S2.C17H20FNO6S.C16H15N3O2S2/c1-16-8-10-17(11-9-16)12-14-30(26,27)25-19-6-3-2-5-18(19)15-21-23-22(24-29-21)20-7-4-13-28-20;1-21(2)16-8-9-22(21,19(25)11-16)14-30(27,28)23-17-7-6-15-5-4-10-24(18(15)12-17)20(26)13-29-3;1-15-13-17(7-8-18(15)20)26(22,23)21-14-19(9-11-24-12-10-19)25-16-5-3-2-4-6-16;1-23-15-7-5-12(9-13(15)18)26(21,22)19-10-14(20)11-4-6-16(24-2)17(8-11)25-3;1-9-14(22-10(2)17-9)15(20)19-7-11(8-19)21-16-18-12-5-3-4-6-13(12)23-16/h2-14,25H,15H2,1H3;6-7,12,16,23H,4-5,8-11,13-14H2,1-3H3;2-8,13,21H,9-12,14H2,1H3;4-9,14,19-20H,10H2,1-3H3;3-6,11H,7-8H2,1-2H3/b14-12+;;;;. The van der Waals surface area contributed by atoms with Crippen LogP contribution < -0.4 is 42.7 Å². The van der Waals surface area contributed by atoms with Crippen molar-refractivity contribution in [3.63, 3.8) is 0 Å². The number of hydrogen-bond donors (Lipinski definition) is 5. The van der Waals surface area contributed by atoms with Crippen molar-refractivity contribution in [3.8, 4) is 34.0 Å². The molecule has 7 heterocycles. The Morgan fingerprint density at radius 3 is 2.07 bits per heavy atom. The first-order valence-electron chi connectivity index (χ1n) is 43.1. The largest absolute Gasteiger partial charge is 0.494 e. The number of benzene rings is 8. The SMILES string of the molecule is COCC(=O)N1CCCc2ccc(NS(=O)(=O)CC34CCC(CC3=O)C4(C)C)cc21.COc1ccc(S(=O)(=O)NCC(O)c2ccc(OC)c(OC)c2)cc1F.Cc1cc(S(=O)(=O)NCC2(Sc3ccccc3)CCOCC2)ccc1F.Cc1ccc(/C=C/S(=O)(=O)Nc2ccccc2Cc2nc(-c3ccco3)no2)cc1.Cc1nc(C)c(C(=O)N2CC(Oc3nc4ccccc4s3)C2)s1. The fraction of sp³-hybridized carbons (Fsp3) is 0.344. The summed E-state index contributed by atoms with van der Waals surface area (Å²) in [6.07, 6.45) is 7.48. The number of thioether (sulfide) groups is 1. The number of likely N-dealkylation sites (tertiary alicyclic amines) is 1. The number of sulfonamides is 4. The number of fused-ring (bicyclic) bond motifs is 4. The zero-order valence-electron chi connectivity index (χ0n) is 75.9. The number of aromatic nitrogens is 4. The molecular formula is C96H106F2N10O20S7. The van der Waals surface area contributed by atoms with Gasteiger partial charge in [-0.2, -0.15) is 4.98 Å². The van der Waals surface area contributed by atoms with Gasteiger partial charge in [-0.25, -0.2) is 61.9 Å². The van der Waals surface area contributed by atoms with E-state index in [2.05, 4.69) is 39.0 Å². The Labute approximate surface area is 796 Å². The lowest BCUT2D eigenvalue weighted by atomic mass is 9.70. The predicted octanol–water partition coefficient (Wildman–Crippen LogP) is 16.3. The number of methoxy groups -OCH3 is 4. The van der Waals surface area contributed by atoms with E-state index in [1.807, 2.05) is 126 Å². The van der Waals surface area contributed by atoms with E-state index in [9.17, 15) is 61.9 Å². The molecule has 3 unspecified atom stereocenters. The number of amides is 2. The number of Topliss-reactive ketones (excluding diaryl/α,β-unsaturated/α-hetero) is 1. The molecule has 4 aromatic heterocycles. The fourth-order valence-corrected chi connectivity index (χ4v) is 24.5. The molecule has 12 aromatic rings. The van der Waals surface area contributed by atoms with Gasteiger partial charge in [-0.1, -0.05) is 121 Å². The van der Waals surface area contributed by atoms with E-state index in [4.69, 9.17) is 37.4 Å². The van der Waals surface area contributed by atoms with Gasteiger partial charge in [0, 0.05) is 61.7 Å². The highest BCUT2D eigenvalue weighted by molar-refractivity contribution is 8.00. The van der Waals surface area contributed by atoms with Crippen LogP contribution in [0.1, 0.15) is 118 Å². The van der Waals surface area contributed by atoms with Gasteiger partial charge >= 0.3 is 0 Å². The summed E-state index contributed by atoms with van der Waals surface area (Å²) < 4.78 is 181. The van der Waals surface area contributed by atoms with Crippen molar-refractivity contribution in [2.45, 2.75) is 125 Å². The van der Waals surface area contributed by atoms with E-state index < -0.39 is 63.2 Å². The maximum absolute atomic E-state index is 13.7. The molecule has 2 saturated heterocycles. The number of aliphatic hydroxyl groups excluding tert-OH is 1. The number of thiazole rings is 2. The molecule has 716 valence electrons. The van der Waals surface area contributed by atoms with Crippen LogP contribution in [0.15, 0.2) is 223 Å². The molecule has 135 heavy (non-hydrogen) atoms. The van der Waals surface area contributed by atoms with Gasteiger partial charge in [-0.3, -0.25) is 23.8 Å². The molecule has 2 aliphatic carbocycles. The number of nitrogens with zero attached hydrogens (tertiary/aromatic N) is 6. The molecule has 30 nitrogen and oxygen atoms in total. The van der Waals surface area contributed by atoms with Crippen LogP contribution in [0.2, 0.25) is 0 Å². The van der Waals surface area contributed by atoms with E-state index in [0.29, 0.717) is 114 Å². The molecule has 0 spiro atoms. The van der Waals surface area contributed by atoms with Gasteiger partial charge in [0.25, 0.3) is 27.0 Å². The Hall–Kier alpha value is -11.3. The Morgan fingerprint density at radius 1 is 0.711 bits per heavy atom. The van der Waals surface area contributed by atoms with Gasteiger partial charge in [0.1, 0.15) is 29.2 Å². The van der Waals surface area contributed by atoms with Crippen molar-refractivity contribution in [2.24, 2.45) is 16.7 Å². The number of halogens is 2. The lowest BCUT2D eigenvalue weighted by Gasteiger charge is -2.38. The summed E-state index contributed by atoms with van der Waals surface area (Å²) in [7, 11) is -9.44. The molecule has 39 heteroatoms. The van der Waals surface area contributed by atoms with Crippen molar-refractivity contribution in [1.29, 1.82) is 0 Å². The molecule has 5 aliphatic rings. The molecule has 4 fully saturated rings. The third kappa shape index (κ3) is 25.5. The minimum Gasteiger partial charge on any atom is -0.494 e. The van der Waals surface area contributed by atoms with Crippen LogP contribution in [-0.2, 0) is 72.0 Å². The monoisotopic (exact) mass is 1980 g/mol. The summed E-state index contributed by atoms with van der Waals surface area (Å²) >= 11 is 4.68. The number of anilines is 3. The third-order valence-corrected chi connectivity index (χ3v) is 32.7. The average molecular weight is 1980 g/mol. The van der Waals surface area contributed by atoms with Crippen LogP contribution in [0.4, 0.5) is 25.8 Å². The molecule has 3 aliphatic heterocycles. The van der Waals surface area contributed by atoms with E-state index >= 15 is 0 Å². The Balaban J connectivity index is 0.000000143. The van der Waals surface area contributed by atoms with Crippen LogP contribution >= 0.6 is 34.4 Å². The maximum Gasteiger partial charge on any atom is 0.274 e. The number of carbonyl (C=O) groups is 3. The van der Waals surface area contributed by atoms with Crippen molar-refractivity contribution in [3.05, 3.63) is 266 Å². The molecule has 8 aromatic carbocycles. The summed E-state index contributed by atoms with van der Waals surface area (Å²) in [5, 5.41) is 16.9. The van der Waals surface area contributed by atoms with Gasteiger partial charge in [-0.15, -0.1) is 23.1 Å². The first-order valence-corrected chi connectivity index (χ1v) is 51.8. The van der Waals surface area contributed by atoms with Crippen LogP contribution in [-0.4, -0.2) is 179 Å². The quantitative estimate of drug-likeness (QED) is 0.0279. The number of rotatable bonds is 30. The lowest BCUT2D eigenvalue weighted by Crippen LogP contribution is -2.56. The zero-order chi connectivity index (χ0) is 96.6. The topological polar surface area (TPSA) is 396 Å². The lowest BCUT2D eigenvalue weighted by molar-refractivity contribution is -0.128. The summed E-state index contributed by atoms with van der Waals surface area (Å²) in [5.41, 5.74) is 6.62. The van der Waals surface area contributed by atoms with Crippen LogP contribution in [0.25, 0.3) is 27.9 Å². The number of para-hydroxylation sites is 2. The first kappa shape index (κ1) is 101. The molecule has 0 radical (unpaired) electrons. The Bertz CT molecular complexity index is 6660. The first-order chi connectivity index (χ1) is 64.4. The maximum atomic E-state index is 13.7. The molecular weight excluding hydrogens is 1880 g/mol. The molecule has 17 rings (SSSR count). The van der Waals surface area contributed by atoms with Crippen molar-refractivity contribution < 1.29 is 99.3 Å². The summed E-state index contributed by atoms with van der Waals surface area (Å²) in [5.74, 6) is 0.880. The second kappa shape index (κ2) is 44.2. The number of aryl methyl sites for hydroxylation is 5. The smallest absolute Gasteiger partial charge is 0.274 e. The zero-order valence-corrected chi connectivity index (χ0v) is 81.6. The van der Waals surface area contributed by atoms with E-state index in [-0.39, 0.29) is 80.6 Å². The summed E-state index contributed by atoms with van der Waals surface area (Å²) in [6.45, 7) is 14.4. The van der Waals surface area contributed by atoms with Crippen molar-refractivity contribution in [2.75, 3.05) is 101 Å². The number of ketones is 1. The molecule has 5 N–H and O–H groups in total. The molecule has 2 saturated carbocycles. The minimum absolute atomic E-state index is 0.0176. The molecule has 2 amide bonds. The highest BCUT2D eigenvalue weighted by Crippen LogP contribution is 2.64. The fourth-order valence-electron chi connectivity index (χ4n) is 16.3. The van der Waals surface area contributed by atoms with Crippen LogP contribution in [0.5, 0.6) is 22.4 Å². The third-order valence-electron chi connectivity index (χ3n) is 23.9. The molecule has 2 bridgehead atoms. The average Bonchev–Trinajstić information content (AvgIpc) is 1.54. The number of nitrogens with one attached hydrogen (secondary N) is 4. The van der Waals surface area contributed by atoms with Crippen LogP contribution in [0.3, 0.4) is 0 Å². The van der Waals surface area contributed by atoms with Crippen molar-refractivity contribution >= 4 is 125 Å². The number of ether oxygens (including phenoxy) is 6. The number of furan rings is 1. The summed E-state index contributed by atoms with van der Waals surface area (Å²) in [6, 6.07) is 53.2. The number of carbonyl (C=O) groups excluding carboxylic acids is 3. The number of aliphatic hydroxyl groups is 1. The van der Waals surface area contributed by atoms with Gasteiger partial charge in [-0.05, 0) is 215 Å². The Kier molecular flexibility index (Phi) is 33.1. The van der Waals surface area contributed by atoms with Gasteiger partial charge in [0.2, 0.25) is 41.8 Å². The van der Waals surface area contributed by atoms with E-state index in [0.717, 1.165) is 96.6 Å².